The van der Waals surface area contributed by atoms with Crippen LogP contribution in [0.5, 0.6) is 0 Å². The lowest BCUT2D eigenvalue weighted by molar-refractivity contribution is -0.140. The topological polar surface area (TPSA) is 66.5 Å². The van der Waals surface area contributed by atoms with Crippen molar-refractivity contribution in [1.82, 2.24) is 10.2 Å². The molecule has 0 unspecified atom stereocenters. The van der Waals surface area contributed by atoms with Crippen LogP contribution in [0.4, 0.5) is 13.2 Å². The molecule has 1 aromatic rings. The van der Waals surface area contributed by atoms with Crippen LogP contribution in [0.15, 0.2) is 12.1 Å². The molecule has 1 N–H and O–H groups in total. The summed E-state index contributed by atoms with van der Waals surface area (Å²) in [6.07, 6.45) is -0.304. The Labute approximate surface area is 124 Å². The van der Waals surface area contributed by atoms with Gasteiger partial charge in [-0.2, -0.15) is 0 Å². The van der Waals surface area contributed by atoms with E-state index in [1.54, 1.807) is 13.8 Å². The molecule has 0 saturated carbocycles. The highest BCUT2D eigenvalue weighted by Gasteiger charge is 2.41. The number of halogens is 3. The van der Waals surface area contributed by atoms with Crippen LogP contribution < -0.4 is 5.32 Å². The van der Waals surface area contributed by atoms with Gasteiger partial charge in [0.05, 0.1) is 6.42 Å². The number of rotatable bonds is 3. The zero-order valence-electron chi connectivity index (χ0n) is 11.8. The largest absolute Gasteiger partial charge is 0.339 e. The van der Waals surface area contributed by atoms with Gasteiger partial charge >= 0.3 is 0 Å². The van der Waals surface area contributed by atoms with E-state index >= 15 is 0 Å². The summed E-state index contributed by atoms with van der Waals surface area (Å²) < 4.78 is 40.1. The number of nitrogens with one attached hydrogen (secondary N) is 1. The van der Waals surface area contributed by atoms with Gasteiger partial charge in [0, 0.05) is 6.04 Å². The Morgan fingerprint density at radius 3 is 2.36 bits per heavy atom. The van der Waals surface area contributed by atoms with Gasteiger partial charge in [0.15, 0.2) is 11.6 Å². The summed E-state index contributed by atoms with van der Waals surface area (Å²) in [5, 5.41) is 2.07. The third-order valence-corrected chi connectivity index (χ3v) is 3.28. The van der Waals surface area contributed by atoms with Crippen LogP contribution in [0.25, 0.3) is 0 Å². The molecular weight excluding hydrogens is 301 g/mol. The predicted octanol–water partition coefficient (Wildman–Crippen LogP) is 1.37. The molecule has 1 heterocycles. The Bertz CT molecular complexity index is 661. The first kappa shape index (κ1) is 16.0. The summed E-state index contributed by atoms with van der Waals surface area (Å²) in [7, 11) is 0. The fourth-order valence-electron chi connectivity index (χ4n) is 2.27. The van der Waals surface area contributed by atoms with E-state index in [4.69, 9.17) is 0 Å². The lowest BCUT2D eigenvalue weighted by atomic mass is 10.1. The minimum Gasteiger partial charge on any atom is -0.339 e. The first-order chi connectivity index (χ1) is 10.2. The van der Waals surface area contributed by atoms with E-state index in [9.17, 15) is 27.6 Å². The summed E-state index contributed by atoms with van der Waals surface area (Å²) in [5.41, 5.74) is -1.12. The van der Waals surface area contributed by atoms with Crippen molar-refractivity contribution in [2.45, 2.75) is 32.4 Å². The van der Waals surface area contributed by atoms with Crippen molar-refractivity contribution < 1.29 is 27.6 Å². The average Bonchev–Trinajstić information content (AvgIpc) is 2.69. The molecule has 1 saturated heterocycles. The van der Waals surface area contributed by atoms with Crippen LogP contribution in [0, 0.1) is 17.5 Å². The third kappa shape index (κ3) is 2.68. The fraction of sp³-hybridized carbons (Fsp3) is 0.357. The summed E-state index contributed by atoms with van der Waals surface area (Å²) >= 11 is 0. The van der Waals surface area contributed by atoms with Gasteiger partial charge in [-0.3, -0.25) is 19.3 Å². The molecule has 22 heavy (non-hydrogen) atoms. The van der Waals surface area contributed by atoms with Crippen molar-refractivity contribution in [1.29, 1.82) is 0 Å². The van der Waals surface area contributed by atoms with Gasteiger partial charge in [0.1, 0.15) is 17.4 Å². The Kier molecular flexibility index (Phi) is 4.20. The van der Waals surface area contributed by atoms with E-state index in [1.165, 1.54) is 0 Å². The van der Waals surface area contributed by atoms with Gasteiger partial charge < -0.3 is 5.32 Å². The molecule has 8 heteroatoms. The number of hydrogen-bond acceptors (Lipinski definition) is 3. The van der Waals surface area contributed by atoms with E-state index in [0.29, 0.717) is 12.1 Å². The van der Waals surface area contributed by atoms with Crippen LogP contribution in [0.1, 0.15) is 30.6 Å². The predicted molar refractivity (Wildman–Crippen MR) is 69.2 cm³/mol. The van der Waals surface area contributed by atoms with E-state index in [-0.39, 0.29) is 6.42 Å². The van der Waals surface area contributed by atoms with Crippen LogP contribution >= 0.6 is 0 Å². The monoisotopic (exact) mass is 314 g/mol. The van der Waals surface area contributed by atoms with Crippen molar-refractivity contribution in [3.8, 4) is 0 Å². The highest BCUT2D eigenvalue weighted by atomic mass is 19.2. The Morgan fingerprint density at radius 2 is 1.82 bits per heavy atom. The quantitative estimate of drug-likeness (QED) is 0.677. The Hall–Kier alpha value is -2.38. The molecular formula is C14H13F3N2O3. The van der Waals surface area contributed by atoms with E-state index in [0.717, 1.165) is 4.90 Å². The summed E-state index contributed by atoms with van der Waals surface area (Å²) in [4.78, 5) is 36.5. The van der Waals surface area contributed by atoms with Crippen LogP contribution in [0.3, 0.4) is 0 Å². The molecule has 1 aliphatic heterocycles. The Morgan fingerprint density at radius 1 is 1.23 bits per heavy atom. The molecule has 0 spiro atoms. The Balaban J connectivity index is 2.23. The number of carbonyl (C=O) groups excluding carboxylic acids is 3. The second kappa shape index (κ2) is 5.78. The first-order valence-corrected chi connectivity index (χ1v) is 6.54. The third-order valence-electron chi connectivity index (χ3n) is 3.28. The fourth-order valence-corrected chi connectivity index (χ4v) is 2.27. The molecule has 1 fully saturated rings. The van der Waals surface area contributed by atoms with Crippen LogP contribution in [-0.4, -0.2) is 34.7 Å². The van der Waals surface area contributed by atoms with E-state index in [2.05, 4.69) is 5.32 Å². The summed E-state index contributed by atoms with van der Waals surface area (Å²) in [6, 6.07) is -0.462. The van der Waals surface area contributed by atoms with Crippen LogP contribution in [0.2, 0.25) is 0 Å². The molecule has 1 aliphatic rings. The van der Waals surface area contributed by atoms with Crippen LogP contribution in [-0.2, 0) is 9.59 Å². The molecule has 0 aliphatic carbocycles. The number of amides is 3. The SMILES string of the molecule is CC(C)N1C(=O)C[C@@H](NC(=O)c2c(F)ccc(F)c2F)C1=O. The van der Waals surface area contributed by atoms with Crippen molar-refractivity contribution in [2.24, 2.45) is 0 Å². The minimum absolute atomic E-state index is 0.304. The van der Waals surface area contributed by atoms with Crippen molar-refractivity contribution in [3.63, 3.8) is 0 Å². The maximum absolute atomic E-state index is 13.5. The molecule has 5 nitrogen and oxygen atoms in total. The molecule has 1 atom stereocenters. The van der Waals surface area contributed by atoms with Gasteiger partial charge in [-0.15, -0.1) is 0 Å². The highest BCUT2D eigenvalue weighted by molar-refractivity contribution is 6.08. The lowest BCUT2D eigenvalue weighted by Crippen LogP contribution is -2.44. The molecule has 2 rings (SSSR count). The second-order valence-corrected chi connectivity index (χ2v) is 5.14. The first-order valence-electron chi connectivity index (χ1n) is 6.54. The average molecular weight is 314 g/mol. The normalized spacial score (nSPS) is 18.3. The maximum Gasteiger partial charge on any atom is 0.258 e. The molecule has 0 bridgehead atoms. The number of hydrogen-bond donors (Lipinski definition) is 1. The van der Waals surface area contributed by atoms with Gasteiger partial charge in [0.25, 0.3) is 11.8 Å². The molecule has 3 amide bonds. The molecule has 118 valence electrons. The van der Waals surface area contributed by atoms with Crippen molar-refractivity contribution >= 4 is 17.7 Å². The molecule has 0 radical (unpaired) electrons. The number of carbonyl (C=O) groups is 3. The van der Waals surface area contributed by atoms with Gasteiger partial charge in [-0.25, -0.2) is 13.2 Å². The highest BCUT2D eigenvalue weighted by Crippen LogP contribution is 2.19. The van der Waals surface area contributed by atoms with Gasteiger partial charge in [-0.1, -0.05) is 0 Å². The number of benzene rings is 1. The standard InChI is InChI=1S/C14H13F3N2O3/c1-6(2)19-10(20)5-9(14(19)22)18-13(21)11-7(15)3-4-8(16)12(11)17/h3-4,6,9H,5H2,1-2H3,(H,18,21)/t9-/m1/s1. The minimum atomic E-state index is -1.64. The van der Waals surface area contributed by atoms with E-state index in [1.807, 2.05) is 0 Å². The summed E-state index contributed by atoms with van der Waals surface area (Å²) in [5.74, 6) is -6.73. The second-order valence-electron chi connectivity index (χ2n) is 5.14. The molecule has 1 aromatic carbocycles. The van der Waals surface area contributed by atoms with Gasteiger partial charge in [-0.05, 0) is 26.0 Å². The van der Waals surface area contributed by atoms with Crippen molar-refractivity contribution in [3.05, 3.63) is 35.1 Å². The van der Waals surface area contributed by atoms with Gasteiger partial charge in [0.2, 0.25) is 5.91 Å². The number of nitrogens with zero attached hydrogens (tertiary/aromatic N) is 1. The van der Waals surface area contributed by atoms with E-state index < -0.39 is 52.8 Å². The number of imide groups is 1. The molecule has 0 aromatic heterocycles. The zero-order valence-corrected chi connectivity index (χ0v) is 11.8. The lowest BCUT2D eigenvalue weighted by Gasteiger charge is -2.19. The summed E-state index contributed by atoms with van der Waals surface area (Å²) in [6.45, 7) is 3.23. The smallest absolute Gasteiger partial charge is 0.258 e. The number of likely N-dealkylation sites (tertiary alicyclic amines) is 1. The zero-order chi connectivity index (χ0) is 16.6. The van der Waals surface area contributed by atoms with Crippen molar-refractivity contribution in [2.75, 3.05) is 0 Å². The maximum atomic E-state index is 13.5.